The fourth-order valence-corrected chi connectivity index (χ4v) is 5.13. The summed E-state index contributed by atoms with van der Waals surface area (Å²) in [5, 5.41) is 10.8. The topological polar surface area (TPSA) is 80.7 Å². The van der Waals surface area contributed by atoms with Crippen LogP contribution in [-0.2, 0) is 0 Å². The number of nitrogens with zero attached hydrogens (tertiary/aromatic N) is 3. The van der Waals surface area contributed by atoms with Crippen molar-refractivity contribution in [2.24, 2.45) is 0 Å². The SMILES string of the molecule is COc1ccc(C2CC(C(F)F)n3nc(-c4ccc(C(=O)N5CCNCC5C)cc4F)cc3N2)cc1OC. The third kappa shape index (κ3) is 4.78. The van der Waals surface area contributed by atoms with Crippen LogP contribution in [0.4, 0.5) is 19.0 Å². The Morgan fingerprint density at radius 3 is 2.58 bits per heavy atom. The molecule has 0 bridgehead atoms. The van der Waals surface area contributed by atoms with Crippen molar-refractivity contribution in [2.45, 2.75) is 37.9 Å². The molecule has 11 heteroatoms. The number of methoxy groups -OCH3 is 2. The molecule has 1 amide bonds. The van der Waals surface area contributed by atoms with E-state index in [9.17, 15) is 13.6 Å². The first-order valence-corrected chi connectivity index (χ1v) is 12.5. The van der Waals surface area contributed by atoms with Gasteiger partial charge in [-0.3, -0.25) is 4.79 Å². The molecule has 1 fully saturated rings. The lowest BCUT2D eigenvalue weighted by Crippen LogP contribution is -2.52. The molecule has 8 nitrogen and oxygen atoms in total. The van der Waals surface area contributed by atoms with Gasteiger partial charge in [0.15, 0.2) is 11.5 Å². The quantitative estimate of drug-likeness (QED) is 0.490. The van der Waals surface area contributed by atoms with E-state index in [1.54, 1.807) is 35.2 Å². The van der Waals surface area contributed by atoms with Crippen molar-refractivity contribution in [1.29, 1.82) is 0 Å². The minimum absolute atomic E-state index is 0.00479. The number of hydrogen-bond donors (Lipinski definition) is 2. The van der Waals surface area contributed by atoms with Crippen molar-refractivity contribution < 1.29 is 27.4 Å². The molecule has 3 unspecified atom stereocenters. The number of nitrogens with one attached hydrogen (secondary N) is 2. The van der Waals surface area contributed by atoms with Crippen LogP contribution in [0, 0.1) is 5.82 Å². The number of hydrogen-bond acceptors (Lipinski definition) is 6. The molecule has 5 rings (SSSR count). The second kappa shape index (κ2) is 10.6. The van der Waals surface area contributed by atoms with Crippen LogP contribution in [0.1, 0.15) is 41.3 Å². The van der Waals surface area contributed by atoms with E-state index in [4.69, 9.17) is 9.47 Å². The van der Waals surface area contributed by atoms with E-state index in [0.29, 0.717) is 37.0 Å². The predicted molar refractivity (Wildman–Crippen MR) is 137 cm³/mol. The zero-order chi connectivity index (χ0) is 27.0. The van der Waals surface area contributed by atoms with Gasteiger partial charge in [-0.25, -0.2) is 17.9 Å². The maximum Gasteiger partial charge on any atom is 0.260 e. The Bertz CT molecular complexity index is 1330. The van der Waals surface area contributed by atoms with Gasteiger partial charge in [0.2, 0.25) is 0 Å². The number of ether oxygens (including phenoxy) is 2. The van der Waals surface area contributed by atoms with Crippen molar-refractivity contribution in [3.63, 3.8) is 0 Å². The number of piperazine rings is 1. The number of carbonyl (C=O) groups is 1. The molecule has 0 aliphatic carbocycles. The fourth-order valence-electron chi connectivity index (χ4n) is 5.13. The molecule has 2 aliphatic heterocycles. The van der Waals surface area contributed by atoms with Gasteiger partial charge in [-0.1, -0.05) is 6.07 Å². The zero-order valence-corrected chi connectivity index (χ0v) is 21.4. The molecule has 3 heterocycles. The first-order valence-electron chi connectivity index (χ1n) is 12.5. The highest BCUT2D eigenvalue weighted by Gasteiger charge is 2.35. The van der Waals surface area contributed by atoms with Crippen molar-refractivity contribution in [3.8, 4) is 22.8 Å². The number of fused-ring (bicyclic) bond motifs is 1. The lowest BCUT2D eigenvalue weighted by Gasteiger charge is -2.34. The van der Waals surface area contributed by atoms with Crippen LogP contribution >= 0.6 is 0 Å². The van der Waals surface area contributed by atoms with Crippen molar-refractivity contribution in [1.82, 2.24) is 20.0 Å². The largest absolute Gasteiger partial charge is 0.493 e. The van der Waals surface area contributed by atoms with E-state index >= 15 is 4.39 Å². The van der Waals surface area contributed by atoms with Crippen LogP contribution in [0.15, 0.2) is 42.5 Å². The summed E-state index contributed by atoms with van der Waals surface area (Å²) in [6, 6.07) is 9.39. The highest BCUT2D eigenvalue weighted by atomic mass is 19.3. The maximum absolute atomic E-state index is 15.3. The standard InChI is InChI=1S/C27H30F3N5O3/c1-15-14-31-8-9-34(15)27(36)17-4-6-18(19(28)10-17)21-13-25-32-20(12-22(26(29)30)35(25)33-21)16-5-7-23(37-2)24(11-16)38-3/h4-7,10-11,13,15,20,22,26,31-32H,8-9,12,14H2,1-3H3. The van der Waals surface area contributed by atoms with Gasteiger partial charge in [0, 0.05) is 42.9 Å². The fraction of sp³-hybridized carbons (Fsp3) is 0.407. The van der Waals surface area contributed by atoms with Gasteiger partial charge in [-0.15, -0.1) is 0 Å². The average Bonchev–Trinajstić information content (AvgIpc) is 3.35. The summed E-state index contributed by atoms with van der Waals surface area (Å²) in [6.45, 7) is 3.83. The number of amides is 1. The highest BCUT2D eigenvalue weighted by Crippen LogP contribution is 2.41. The summed E-state index contributed by atoms with van der Waals surface area (Å²) in [7, 11) is 3.04. The Morgan fingerprint density at radius 1 is 1.11 bits per heavy atom. The third-order valence-electron chi connectivity index (χ3n) is 7.20. The number of benzene rings is 2. The minimum atomic E-state index is -2.68. The Hall–Kier alpha value is -3.73. The van der Waals surface area contributed by atoms with Crippen LogP contribution in [0.5, 0.6) is 11.5 Å². The summed E-state index contributed by atoms with van der Waals surface area (Å²) >= 11 is 0. The molecule has 0 radical (unpaired) electrons. The van der Waals surface area contributed by atoms with Crippen LogP contribution < -0.4 is 20.1 Å². The van der Waals surface area contributed by atoms with E-state index in [-0.39, 0.29) is 35.2 Å². The van der Waals surface area contributed by atoms with Gasteiger partial charge in [-0.05, 0) is 49.2 Å². The highest BCUT2D eigenvalue weighted by molar-refractivity contribution is 5.95. The normalized spacial score (nSPS) is 21.1. The molecule has 1 aromatic heterocycles. The molecule has 2 aromatic carbocycles. The summed E-state index contributed by atoms with van der Waals surface area (Å²) < 4.78 is 55.4. The number of halogens is 3. The predicted octanol–water partition coefficient (Wildman–Crippen LogP) is 4.50. The van der Waals surface area contributed by atoms with Gasteiger partial charge in [0.25, 0.3) is 12.3 Å². The van der Waals surface area contributed by atoms with Crippen LogP contribution in [0.25, 0.3) is 11.3 Å². The molecule has 3 aromatic rings. The third-order valence-corrected chi connectivity index (χ3v) is 7.20. The molecule has 38 heavy (non-hydrogen) atoms. The lowest BCUT2D eigenvalue weighted by molar-refractivity contribution is 0.0651. The Labute approximate surface area is 218 Å². The molecule has 202 valence electrons. The molecule has 2 N–H and O–H groups in total. The minimum Gasteiger partial charge on any atom is -0.493 e. The smallest absolute Gasteiger partial charge is 0.260 e. The van der Waals surface area contributed by atoms with E-state index in [0.717, 1.165) is 5.56 Å². The van der Waals surface area contributed by atoms with Crippen molar-refractivity contribution in [2.75, 3.05) is 39.2 Å². The van der Waals surface area contributed by atoms with Crippen molar-refractivity contribution >= 4 is 11.7 Å². The monoisotopic (exact) mass is 529 g/mol. The molecule has 2 aliphatic rings. The summed E-state index contributed by atoms with van der Waals surface area (Å²) in [5.74, 6) is 0.496. The van der Waals surface area contributed by atoms with Gasteiger partial charge >= 0.3 is 0 Å². The average molecular weight is 530 g/mol. The van der Waals surface area contributed by atoms with E-state index in [1.807, 2.05) is 6.92 Å². The van der Waals surface area contributed by atoms with Gasteiger partial charge in [0.1, 0.15) is 17.7 Å². The molecule has 3 atom stereocenters. The van der Waals surface area contributed by atoms with E-state index < -0.39 is 24.3 Å². The number of aromatic nitrogens is 2. The van der Waals surface area contributed by atoms with Gasteiger partial charge in [0.05, 0.1) is 26.0 Å². The second-order valence-corrected chi connectivity index (χ2v) is 9.55. The van der Waals surface area contributed by atoms with Gasteiger partial charge in [-0.2, -0.15) is 5.10 Å². The summed E-state index contributed by atoms with van der Waals surface area (Å²) in [4.78, 5) is 14.7. The number of anilines is 1. The summed E-state index contributed by atoms with van der Waals surface area (Å²) in [6.07, 6.45) is -2.61. The van der Waals surface area contributed by atoms with E-state index in [2.05, 4.69) is 15.7 Å². The molecule has 0 saturated carbocycles. The Morgan fingerprint density at radius 2 is 1.89 bits per heavy atom. The second-order valence-electron chi connectivity index (χ2n) is 9.55. The number of rotatable bonds is 6. The first-order chi connectivity index (χ1) is 18.3. The first kappa shape index (κ1) is 25.9. The Balaban J connectivity index is 1.43. The molecule has 0 spiro atoms. The van der Waals surface area contributed by atoms with Crippen LogP contribution in [0.2, 0.25) is 0 Å². The molecular weight excluding hydrogens is 499 g/mol. The maximum atomic E-state index is 15.3. The zero-order valence-electron chi connectivity index (χ0n) is 21.4. The number of alkyl halides is 2. The van der Waals surface area contributed by atoms with Gasteiger partial charge < -0.3 is 25.0 Å². The number of carbonyl (C=O) groups excluding carboxylic acids is 1. The van der Waals surface area contributed by atoms with E-state index in [1.165, 1.54) is 31.0 Å². The molecular formula is C27H30F3N5O3. The van der Waals surface area contributed by atoms with Crippen molar-refractivity contribution in [3.05, 3.63) is 59.4 Å². The molecule has 1 saturated heterocycles. The lowest BCUT2D eigenvalue weighted by atomic mass is 9.97. The van der Waals surface area contributed by atoms with Crippen LogP contribution in [0.3, 0.4) is 0 Å². The Kier molecular flexibility index (Phi) is 7.20. The van der Waals surface area contributed by atoms with Crippen LogP contribution in [-0.4, -0.2) is 66.9 Å². The summed E-state index contributed by atoms with van der Waals surface area (Å²) in [5.41, 5.74) is 1.33.